The van der Waals surface area contributed by atoms with Gasteiger partial charge < -0.3 is 15.2 Å². The van der Waals surface area contributed by atoms with Crippen LogP contribution >= 0.6 is 11.3 Å². The molecule has 2 aromatic rings. The Morgan fingerprint density at radius 2 is 2.12 bits per heavy atom. The monoisotopic (exact) mass is 346 g/mol. The summed E-state index contributed by atoms with van der Waals surface area (Å²) < 4.78 is 5.57. The highest BCUT2D eigenvalue weighted by atomic mass is 32.1. The molecule has 3 rings (SSSR count). The summed E-state index contributed by atoms with van der Waals surface area (Å²) in [5.41, 5.74) is 1.66. The minimum atomic E-state index is -0.879. The molecule has 1 aliphatic heterocycles. The van der Waals surface area contributed by atoms with Crippen LogP contribution in [-0.4, -0.2) is 28.6 Å². The molecule has 2 unspecified atom stereocenters. The molecule has 1 amide bonds. The van der Waals surface area contributed by atoms with Crippen molar-refractivity contribution in [2.24, 2.45) is 0 Å². The summed E-state index contributed by atoms with van der Waals surface area (Å²) in [6.07, 6.45) is 1.97. The van der Waals surface area contributed by atoms with Crippen LogP contribution < -0.4 is 5.32 Å². The van der Waals surface area contributed by atoms with Crippen LogP contribution in [0, 0.1) is 0 Å². The lowest BCUT2D eigenvalue weighted by molar-refractivity contribution is -0.138. The van der Waals surface area contributed by atoms with Gasteiger partial charge >= 0.3 is 5.97 Å². The molecule has 2 N–H and O–H groups in total. The predicted octanol–water partition coefficient (Wildman–Crippen LogP) is 3.44. The highest BCUT2D eigenvalue weighted by Gasteiger charge is 2.22. The molecule has 1 saturated heterocycles. The van der Waals surface area contributed by atoms with Crippen LogP contribution in [-0.2, 0) is 9.53 Å². The first kappa shape index (κ1) is 16.6. The zero-order valence-corrected chi connectivity index (χ0v) is 14.0. The van der Waals surface area contributed by atoms with Gasteiger partial charge in [-0.1, -0.05) is 12.1 Å². The number of carboxylic acids is 1. The van der Waals surface area contributed by atoms with E-state index in [1.165, 1.54) is 11.3 Å². The number of carboxylic acid groups (broad SMARTS) is 1. The molecule has 2 atom stereocenters. The predicted molar refractivity (Wildman–Crippen MR) is 90.5 cm³/mol. The van der Waals surface area contributed by atoms with E-state index in [1.54, 1.807) is 36.6 Å². The zero-order chi connectivity index (χ0) is 17.1. The van der Waals surface area contributed by atoms with Gasteiger partial charge in [-0.3, -0.25) is 9.59 Å². The molecule has 1 fully saturated rings. The first-order chi connectivity index (χ1) is 11.5. The molecule has 6 nitrogen and oxygen atoms in total. The van der Waals surface area contributed by atoms with Crippen LogP contribution in [0.2, 0.25) is 0 Å². The summed E-state index contributed by atoms with van der Waals surface area (Å²) in [4.78, 5) is 27.6. The Kier molecular flexibility index (Phi) is 4.92. The Hall–Kier alpha value is -2.25. The number of nitrogens with zero attached hydrogens (tertiary/aromatic N) is 1. The van der Waals surface area contributed by atoms with Gasteiger partial charge in [-0.05, 0) is 37.5 Å². The normalized spacial score (nSPS) is 18.3. The Morgan fingerprint density at radius 3 is 2.75 bits per heavy atom. The van der Waals surface area contributed by atoms with Crippen molar-refractivity contribution in [1.29, 1.82) is 0 Å². The van der Waals surface area contributed by atoms with Gasteiger partial charge in [0.2, 0.25) is 0 Å². The van der Waals surface area contributed by atoms with Crippen molar-refractivity contribution in [1.82, 2.24) is 4.98 Å². The lowest BCUT2D eigenvalue weighted by Crippen LogP contribution is -2.13. The lowest BCUT2D eigenvalue weighted by Gasteiger charge is -2.08. The number of anilines is 1. The number of amides is 1. The van der Waals surface area contributed by atoms with Crippen LogP contribution in [0.3, 0.4) is 0 Å². The molecule has 0 saturated carbocycles. The third-order valence-electron chi connectivity index (χ3n) is 4.00. The molecule has 0 bridgehead atoms. The quantitative estimate of drug-likeness (QED) is 0.866. The van der Waals surface area contributed by atoms with Crippen molar-refractivity contribution in [2.45, 2.75) is 31.8 Å². The van der Waals surface area contributed by atoms with Crippen LogP contribution in [0.4, 0.5) is 5.69 Å². The fourth-order valence-corrected chi connectivity index (χ4v) is 3.39. The highest BCUT2D eigenvalue weighted by Crippen LogP contribution is 2.30. The van der Waals surface area contributed by atoms with Crippen molar-refractivity contribution >= 4 is 28.9 Å². The number of carbonyl (C=O) groups is 2. The second-order valence-electron chi connectivity index (χ2n) is 5.71. The van der Waals surface area contributed by atoms with E-state index in [2.05, 4.69) is 10.3 Å². The molecule has 1 aliphatic rings. The van der Waals surface area contributed by atoms with Gasteiger partial charge in [0, 0.05) is 17.7 Å². The lowest BCUT2D eigenvalue weighted by atomic mass is 10.0. The Morgan fingerprint density at radius 1 is 1.38 bits per heavy atom. The van der Waals surface area contributed by atoms with Gasteiger partial charge in [0.15, 0.2) is 0 Å². The SMILES string of the molecule is CC(C(=O)O)c1ccc(NC(=O)c2csc(C3CCCO3)n2)cc1. The van der Waals surface area contributed by atoms with E-state index < -0.39 is 11.9 Å². The number of nitrogens with one attached hydrogen (secondary N) is 1. The van der Waals surface area contributed by atoms with E-state index in [0.717, 1.165) is 24.5 Å². The summed E-state index contributed by atoms with van der Waals surface area (Å²) >= 11 is 1.43. The average molecular weight is 346 g/mol. The first-order valence-electron chi connectivity index (χ1n) is 7.75. The van der Waals surface area contributed by atoms with Gasteiger partial charge in [-0.25, -0.2) is 4.98 Å². The number of carbonyl (C=O) groups excluding carboxylic acids is 1. The summed E-state index contributed by atoms with van der Waals surface area (Å²) in [6, 6.07) is 6.79. The number of hydrogen-bond acceptors (Lipinski definition) is 5. The van der Waals surface area contributed by atoms with E-state index in [4.69, 9.17) is 9.84 Å². The number of aromatic nitrogens is 1. The van der Waals surface area contributed by atoms with Gasteiger partial charge in [-0.15, -0.1) is 11.3 Å². The van der Waals surface area contributed by atoms with E-state index in [1.807, 2.05) is 0 Å². The fourth-order valence-electron chi connectivity index (χ4n) is 2.51. The first-order valence-corrected chi connectivity index (χ1v) is 8.63. The molecular weight excluding hydrogens is 328 g/mol. The third kappa shape index (κ3) is 3.63. The Bertz CT molecular complexity index is 735. The summed E-state index contributed by atoms with van der Waals surface area (Å²) in [7, 11) is 0. The second-order valence-corrected chi connectivity index (χ2v) is 6.60. The largest absolute Gasteiger partial charge is 0.481 e. The van der Waals surface area contributed by atoms with E-state index in [9.17, 15) is 9.59 Å². The molecule has 24 heavy (non-hydrogen) atoms. The molecule has 0 radical (unpaired) electrons. The molecule has 1 aromatic carbocycles. The molecule has 7 heteroatoms. The maximum atomic E-state index is 12.3. The van der Waals surface area contributed by atoms with E-state index in [0.29, 0.717) is 16.9 Å². The van der Waals surface area contributed by atoms with Crippen molar-refractivity contribution < 1.29 is 19.4 Å². The maximum Gasteiger partial charge on any atom is 0.310 e. The topological polar surface area (TPSA) is 88.5 Å². The minimum absolute atomic E-state index is 0.00772. The zero-order valence-electron chi connectivity index (χ0n) is 13.2. The summed E-state index contributed by atoms with van der Waals surface area (Å²) in [5, 5.41) is 14.3. The van der Waals surface area contributed by atoms with Crippen molar-refractivity contribution in [3.63, 3.8) is 0 Å². The summed E-state index contributed by atoms with van der Waals surface area (Å²) in [5.74, 6) is -1.74. The molecule has 0 aliphatic carbocycles. The standard InChI is InChI=1S/C17H18N2O4S/c1-10(17(21)22)11-4-6-12(7-5-11)18-15(20)13-9-24-16(19-13)14-3-2-8-23-14/h4-7,9-10,14H,2-3,8H2,1H3,(H,18,20)(H,21,22). The van der Waals surface area contributed by atoms with Crippen LogP contribution in [0.5, 0.6) is 0 Å². The van der Waals surface area contributed by atoms with Crippen molar-refractivity contribution in [3.8, 4) is 0 Å². The number of aliphatic carboxylic acids is 1. The average Bonchev–Trinajstić information content (AvgIpc) is 3.26. The van der Waals surface area contributed by atoms with Crippen LogP contribution in [0.1, 0.15) is 52.8 Å². The Balaban J connectivity index is 1.65. The molecule has 2 heterocycles. The van der Waals surface area contributed by atoms with E-state index >= 15 is 0 Å². The summed E-state index contributed by atoms with van der Waals surface area (Å²) in [6.45, 7) is 2.37. The third-order valence-corrected chi connectivity index (χ3v) is 4.94. The van der Waals surface area contributed by atoms with Gasteiger partial charge in [0.05, 0.1) is 5.92 Å². The molecule has 1 aromatic heterocycles. The molecule has 126 valence electrons. The number of thiazole rings is 1. The number of hydrogen-bond donors (Lipinski definition) is 2. The fraction of sp³-hybridized carbons (Fsp3) is 0.353. The molecular formula is C17H18N2O4S. The van der Waals surface area contributed by atoms with Crippen molar-refractivity contribution in [3.05, 3.63) is 45.9 Å². The maximum absolute atomic E-state index is 12.3. The van der Waals surface area contributed by atoms with Gasteiger partial charge in [0.25, 0.3) is 5.91 Å². The van der Waals surface area contributed by atoms with Crippen LogP contribution in [0.15, 0.2) is 29.6 Å². The minimum Gasteiger partial charge on any atom is -0.481 e. The van der Waals surface area contributed by atoms with Crippen LogP contribution in [0.25, 0.3) is 0 Å². The van der Waals surface area contributed by atoms with E-state index in [-0.39, 0.29) is 12.0 Å². The second kappa shape index (κ2) is 7.11. The number of rotatable bonds is 5. The van der Waals surface area contributed by atoms with Gasteiger partial charge in [-0.2, -0.15) is 0 Å². The number of benzene rings is 1. The smallest absolute Gasteiger partial charge is 0.310 e. The number of ether oxygens (including phenoxy) is 1. The van der Waals surface area contributed by atoms with Crippen molar-refractivity contribution in [2.75, 3.05) is 11.9 Å². The highest BCUT2D eigenvalue weighted by molar-refractivity contribution is 7.09. The van der Waals surface area contributed by atoms with Gasteiger partial charge in [0.1, 0.15) is 16.8 Å². The Labute approximate surface area is 143 Å². The molecule has 0 spiro atoms.